The number of unbranched alkanes of at least 4 members (excludes halogenated alkanes) is 24. The van der Waals surface area contributed by atoms with Crippen molar-refractivity contribution in [1.29, 1.82) is 0 Å². The molecule has 11 heteroatoms. The molecule has 292 valence electrons. The summed E-state index contributed by atoms with van der Waals surface area (Å²) in [5, 5.41) is 19.0. The molecule has 3 N–H and O–H groups in total. The lowest BCUT2D eigenvalue weighted by atomic mass is 10.0. The zero-order valence-electron chi connectivity index (χ0n) is 31.4. The van der Waals surface area contributed by atoms with E-state index in [2.05, 4.69) is 13.8 Å². The maximum absolute atomic E-state index is 12.2. The van der Waals surface area contributed by atoms with Crippen LogP contribution in [-0.2, 0) is 32.7 Å². The molecule has 0 spiro atoms. The van der Waals surface area contributed by atoms with Crippen LogP contribution in [0.3, 0.4) is 0 Å². The molecule has 10 nitrogen and oxygen atoms in total. The molecule has 0 aromatic heterocycles. The van der Waals surface area contributed by atoms with Gasteiger partial charge >= 0.3 is 19.8 Å². The van der Waals surface area contributed by atoms with Crippen molar-refractivity contribution in [2.24, 2.45) is 0 Å². The first-order valence-corrected chi connectivity index (χ1v) is 21.5. The highest BCUT2D eigenvalue weighted by molar-refractivity contribution is 7.47. The lowest BCUT2D eigenvalue weighted by Crippen LogP contribution is -2.28. The normalized spacial score (nSPS) is 14.0. The maximum atomic E-state index is 12.2. The first-order chi connectivity index (χ1) is 23.8. The lowest BCUT2D eigenvalue weighted by Gasteiger charge is -2.20. The molecular weight excluding hydrogens is 647 g/mol. The van der Waals surface area contributed by atoms with Gasteiger partial charge in [0.05, 0.1) is 26.4 Å². The van der Waals surface area contributed by atoms with Gasteiger partial charge in [-0.2, -0.15) is 0 Å². The van der Waals surface area contributed by atoms with Crippen LogP contribution in [0.5, 0.6) is 0 Å². The molecule has 0 heterocycles. The summed E-state index contributed by atoms with van der Waals surface area (Å²) >= 11 is 0. The molecule has 0 aliphatic rings. The summed E-state index contributed by atoms with van der Waals surface area (Å²) in [7, 11) is -4.61. The third-order valence-corrected chi connectivity index (χ3v) is 9.77. The highest BCUT2D eigenvalue weighted by Crippen LogP contribution is 2.43. The number of hydrogen-bond donors (Lipinski definition) is 3. The van der Waals surface area contributed by atoms with E-state index in [9.17, 15) is 29.3 Å². The summed E-state index contributed by atoms with van der Waals surface area (Å²) in [4.78, 5) is 34.1. The number of ether oxygens (including phenoxy) is 2. The van der Waals surface area contributed by atoms with Gasteiger partial charge < -0.3 is 24.6 Å². The second-order valence-corrected chi connectivity index (χ2v) is 15.1. The number of phosphoric acid groups is 1. The van der Waals surface area contributed by atoms with Crippen LogP contribution in [0.1, 0.15) is 194 Å². The first-order valence-electron chi connectivity index (χ1n) is 20.0. The van der Waals surface area contributed by atoms with E-state index in [0.717, 1.165) is 44.9 Å². The summed E-state index contributed by atoms with van der Waals surface area (Å²) in [6.07, 6.45) is 30.0. The average Bonchev–Trinajstić information content (AvgIpc) is 3.09. The third-order valence-electron chi connectivity index (χ3n) is 8.82. The van der Waals surface area contributed by atoms with Gasteiger partial charge in [0.25, 0.3) is 0 Å². The van der Waals surface area contributed by atoms with Crippen LogP contribution in [0.25, 0.3) is 0 Å². The van der Waals surface area contributed by atoms with Crippen LogP contribution < -0.4 is 0 Å². The van der Waals surface area contributed by atoms with E-state index in [4.69, 9.17) is 18.5 Å². The summed E-state index contributed by atoms with van der Waals surface area (Å²) in [6, 6.07) is 0. The van der Waals surface area contributed by atoms with Crippen molar-refractivity contribution in [3.63, 3.8) is 0 Å². The molecule has 3 unspecified atom stereocenters. The molecule has 0 saturated carbocycles. The van der Waals surface area contributed by atoms with Crippen LogP contribution in [0.2, 0.25) is 0 Å². The van der Waals surface area contributed by atoms with Crippen molar-refractivity contribution in [3.05, 3.63) is 0 Å². The van der Waals surface area contributed by atoms with E-state index < -0.39 is 58.4 Å². The zero-order chi connectivity index (χ0) is 36.3. The van der Waals surface area contributed by atoms with Gasteiger partial charge in [0, 0.05) is 12.8 Å². The van der Waals surface area contributed by atoms with E-state index in [1.165, 1.54) is 109 Å². The van der Waals surface area contributed by atoms with Gasteiger partial charge in [-0.05, 0) is 12.8 Å². The van der Waals surface area contributed by atoms with Crippen LogP contribution in [-0.4, -0.2) is 65.7 Å². The maximum Gasteiger partial charge on any atom is 0.472 e. The fourth-order valence-electron chi connectivity index (χ4n) is 5.70. The molecule has 0 aliphatic carbocycles. The van der Waals surface area contributed by atoms with Gasteiger partial charge in [0.1, 0.15) is 12.2 Å². The number of phosphoric ester groups is 1. The fourth-order valence-corrected chi connectivity index (χ4v) is 6.49. The number of carbonyl (C=O) groups is 2. The van der Waals surface area contributed by atoms with Gasteiger partial charge in [0.2, 0.25) is 0 Å². The SMILES string of the molecule is CCCCCCCCCCCCCCCCCCCCCCCC(=O)OC(CO)COP(=O)(O)OCC(CO)OC(=O)CCCCCCC. The monoisotopic (exact) mass is 723 g/mol. The number of esters is 2. The minimum atomic E-state index is -4.61. The quantitative estimate of drug-likeness (QED) is 0.0319. The van der Waals surface area contributed by atoms with Gasteiger partial charge in [0.15, 0.2) is 0 Å². The van der Waals surface area contributed by atoms with Gasteiger partial charge in [-0.15, -0.1) is 0 Å². The third kappa shape index (κ3) is 33.9. The summed E-state index contributed by atoms with van der Waals surface area (Å²) < 4.78 is 32.2. The molecule has 0 bridgehead atoms. The molecule has 0 aliphatic heterocycles. The molecule has 0 fully saturated rings. The highest BCUT2D eigenvalue weighted by Gasteiger charge is 2.27. The Balaban J connectivity index is 3.77. The predicted molar refractivity (Wildman–Crippen MR) is 196 cm³/mol. The summed E-state index contributed by atoms with van der Waals surface area (Å²) in [5.41, 5.74) is 0. The van der Waals surface area contributed by atoms with Crippen molar-refractivity contribution in [2.45, 2.75) is 206 Å². The summed E-state index contributed by atoms with van der Waals surface area (Å²) in [5.74, 6) is -1.02. The smallest absolute Gasteiger partial charge is 0.457 e. The highest BCUT2D eigenvalue weighted by atomic mass is 31.2. The molecule has 3 atom stereocenters. The number of rotatable bonds is 38. The van der Waals surface area contributed by atoms with Crippen molar-refractivity contribution >= 4 is 19.8 Å². The number of hydrogen-bond acceptors (Lipinski definition) is 9. The Hall–Kier alpha value is -1.03. The Labute approximate surface area is 299 Å². The molecule has 0 aromatic carbocycles. The largest absolute Gasteiger partial charge is 0.472 e. The zero-order valence-corrected chi connectivity index (χ0v) is 32.3. The standard InChI is InChI=1S/C38H75O10P/c1-3-5-7-9-10-11-12-13-14-15-16-17-18-19-20-21-22-23-24-26-28-30-38(42)48-36(32-40)34-46-49(43,44)45-33-35(31-39)47-37(41)29-27-25-8-6-4-2/h35-36,39-40H,3-34H2,1-2H3,(H,43,44). The Morgan fingerprint density at radius 1 is 0.469 bits per heavy atom. The number of carbonyl (C=O) groups excluding carboxylic acids is 2. The van der Waals surface area contributed by atoms with Crippen LogP contribution in [0, 0.1) is 0 Å². The first kappa shape index (κ1) is 48.0. The predicted octanol–water partition coefficient (Wildman–Crippen LogP) is 9.89. The minimum absolute atomic E-state index is 0.191. The van der Waals surface area contributed by atoms with Gasteiger partial charge in [-0.25, -0.2) is 4.57 Å². The summed E-state index contributed by atoms with van der Waals surface area (Å²) in [6.45, 7) is 2.11. The molecule has 0 aromatic rings. The number of aliphatic hydroxyl groups is 2. The topological polar surface area (TPSA) is 149 Å². The lowest BCUT2D eigenvalue weighted by molar-refractivity contribution is -0.153. The van der Waals surface area contributed by atoms with Gasteiger partial charge in [-0.3, -0.25) is 18.6 Å². The number of aliphatic hydroxyl groups excluding tert-OH is 2. The van der Waals surface area contributed by atoms with E-state index in [1.54, 1.807) is 0 Å². The van der Waals surface area contributed by atoms with E-state index in [0.29, 0.717) is 12.8 Å². The minimum Gasteiger partial charge on any atom is -0.457 e. The molecule has 0 radical (unpaired) electrons. The van der Waals surface area contributed by atoms with Crippen molar-refractivity contribution in [1.82, 2.24) is 0 Å². The van der Waals surface area contributed by atoms with Crippen LogP contribution >= 0.6 is 7.82 Å². The fraction of sp³-hybridized carbons (Fsp3) is 0.947. The Morgan fingerprint density at radius 3 is 0.959 bits per heavy atom. The van der Waals surface area contributed by atoms with Crippen molar-refractivity contribution in [3.8, 4) is 0 Å². The Bertz CT molecular complexity index is 796. The van der Waals surface area contributed by atoms with E-state index in [1.807, 2.05) is 0 Å². The van der Waals surface area contributed by atoms with E-state index >= 15 is 0 Å². The van der Waals surface area contributed by atoms with Crippen LogP contribution in [0.4, 0.5) is 0 Å². The van der Waals surface area contributed by atoms with Gasteiger partial charge in [-0.1, -0.05) is 168 Å². The molecule has 0 rings (SSSR count). The second-order valence-electron chi connectivity index (χ2n) is 13.6. The molecule has 0 amide bonds. The Kier molecular flexibility index (Phi) is 34.6. The Morgan fingerprint density at radius 2 is 0.714 bits per heavy atom. The second kappa shape index (κ2) is 35.4. The molecule has 0 saturated heterocycles. The van der Waals surface area contributed by atoms with Crippen molar-refractivity contribution < 1.29 is 47.8 Å². The molecule has 49 heavy (non-hydrogen) atoms. The molecular formula is C38H75O10P. The van der Waals surface area contributed by atoms with E-state index in [-0.39, 0.29) is 12.8 Å². The van der Waals surface area contributed by atoms with Crippen LogP contribution in [0.15, 0.2) is 0 Å². The van der Waals surface area contributed by atoms with Crippen molar-refractivity contribution in [2.75, 3.05) is 26.4 Å². The average molecular weight is 723 g/mol.